The fourth-order valence-corrected chi connectivity index (χ4v) is 7.68. The van der Waals surface area contributed by atoms with Crippen molar-refractivity contribution in [3.63, 3.8) is 0 Å². The van der Waals surface area contributed by atoms with Crippen LogP contribution in [0.4, 0.5) is 17.6 Å². The highest BCUT2D eigenvalue weighted by molar-refractivity contribution is 5.56. The number of likely N-dealkylation sites (tertiary alicyclic amines) is 1. The fraction of sp³-hybridized carbons (Fsp3) is 0.759. The minimum absolute atomic E-state index is 0.0877. The minimum atomic E-state index is -4.59. The van der Waals surface area contributed by atoms with E-state index in [1.165, 1.54) is 35.9 Å². The molecule has 2 aromatic rings. The molecule has 4 fully saturated rings. The van der Waals surface area contributed by atoms with Crippen molar-refractivity contribution in [2.45, 2.75) is 95.3 Å². The van der Waals surface area contributed by atoms with Gasteiger partial charge in [0.05, 0.1) is 23.9 Å². The van der Waals surface area contributed by atoms with E-state index in [4.69, 9.17) is 0 Å². The molecule has 2 aromatic heterocycles. The van der Waals surface area contributed by atoms with Gasteiger partial charge in [-0.15, -0.1) is 0 Å². The topological polar surface area (TPSA) is 56.9 Å². The van der Waals surface area contributed by atoms with E-state index >= 15 is 0 Å². The van der Waals surface area contributed by atoms with Crippen molar-refractivity contribution < 1.29 is 17.6 Å². The van der Waals surface area contributed by atoms with Gasteiger partial charge in [0.25, 0.3) is 0 Å². The molecule has 2 aliphatic heterocycles. The molecule has 6 rings (SSSR count). The zero-order chi connectivity index (χ0) is 28.2. The summed E-state index contributed by atoms with van der Waals surface area (Å²) in [5.74, 6) is 1.48. The molecule has 0 amide bonds. The monoisotopic (exact) mass is 566 g/mol. The van der Waals surface area contributed by atoms with Crippen LogP contribution in [-0.4, -0.2) is 57.4 Å². The molecule has 4 atom stereocenters. The Labute approximate surface area is 232 Å². The number of hydrogen-bond acceptors (Lipinski definition) is 5. The summed E-state index contributed by atoms with van der Waals surface area (Å²) in [5, 5.41) is 0. The third-order valence-electron chi connectivity index (χ3n) is 10.2. The number of imidazole rings is 1. The molecule has 2 N–H and O–H groups in total. The maximum Gasteiger partial charge on any atom is 0.418 e. The fourth-order valence-electron chi connectivity index (χ4n) is 7.68. The summed E-state index contributed by atoms with van der Waals surface area (Å²) in [7, 11) is 2.12. The van der Waals surface area contributed by atoms with Crippen molar-refractivity contribution in [2.75, 3.05) is 26.8 Å². The lowest BCUT2D eigenvalue weighted by atomic mass is 9.65. The molecule has 0 bridgehead atoms. The smallest absolute Gasteiger partial charge is 0.299 e. The maximum atomic E-state index is 14.3. The second-order valence-corrected chi connectivity index (χ2v) is 13.1. The Morgan fingerprint density at radius 3 is 2.40 bits per heavy atom. The molecule has 2 saturated heterocycles. The van der Waals surface area contributed by atoms with Gasteiger partial charge in [-0.25, -0.2) is 20.0 Å². The van der Waals surface area contributed by atoms with Crippen LogP contribution in [-0.2, 0) is 12.7 Å². The molecule has 3 unspecified atom stereocenters. The molecule has 0 radical (unpaired) electrons. The van der Waals surface area contributed by atoms with Gasteiger partial charge in [-0.2, -0.15) is 13.2 Å². The number of aromatic nitrogens is 2. The lowest BCUT2D eigenvalue weighted by Gasteiger charge is -2.46. The zero-order valence-electron chi connectivity index (χ0n) is 23.5. The van der Waals surface area contributed by atoms with Gasteiger partial charge in [0, 0.05) is 38.1 Å². The van der Waals surface area contributed by atoms with Crippen molar-refractivity contribution in [3.8, 4) is 0 Å². The second-order valence-electron chi connectivity index (χ2n) is 13.1. The Kier molecular flexibility index (Phi) is 7.55. The third-order valence-corrected chi connectivity index (χ3v) is 10.2. The molecule has 4 aliphatic rings. The van der Waals surface area contributed by atoms with Crippen molar-refractivity contribution in [3.05, 3.63) is 40.1 Å². The van der Waals surface area contributed by atoms with Crippen molar-refractivity contribution in [2.24, 2.45) is 17.8 Å². The first kappa shape index (κ1) is 28.2. The summed E-state index contributed by atoms with van der Waals surface area (Å²) >= 11 is 0. The number of hydrazine groups is 1. The first-order chi connectivity index (χ1) is 19.0. The van der Waals surface area contributed by atoms with Gasteiger partial charge >= 0.3 is 11.9 Å². The number of rotatable bonds is 6. The Morgan fingerprint density at radius 1 is 1.07 bits per heavy atom. The summed E-state index contributed by atoms with van der Waals surface area (Å²) < 4.78 is 59.8. The van der Waals surface area contributed by atoms with E-state index in [9.17, 15) is 22.4 Å². The summed E-state index contributed by atoms with van der Waals surface area (Å²) in [4.78, 5) is 18.0. The van der Waals surface area contributed by atoms with E-state index in [0.717, 1.165) is 32.4 Å². The number of alkyl halides is 4. The number of nitrogens with zero attached hydrogens (tertiary/aromatic N) is 4. The van der Waals surface area contributed by atoms with Crippen LogP contribution in [0.1, 0.15) is 81.9 Å². The van der Waals surface area contributed by atoms with E-state index in [0.29, 0.717) is 49.2 Å². The average Bonchev–Trinajstić information content (AvgIpc) is 3.44. The van der Waals surface area contributed by atoms with Crippen LogP contribution in [0.5, 0.6) is 0 Å². The van der Waals surface area contributed by atoms with Crippen molar-refractivity contribution in [1.82, 2.24) is 29.6 Å². The van der Waals surface area contributed by atoms with E-state index < -0.39 is 23.1 Å². The Balaban J connectivity index is 1.29. The standard InChI is InChI=1S/C29H42F4N6O/c1-28(30)9-11-37(12-10-28)15-19-13-23(29(31,32)33)24-17-38(27(40)39(24)16-19)22-8-4-7-21(14-22)25(20-5-3-6-20)26-35-34-18-36(26)2/h13,16-17,20-22,25-26,34-35H,3-12,14-15,18H2,1-2H3/t21?,22?,25-,26?/m0/s1. The first-order valence-electron chi connectivity index (χ1n) is 14.9. The molecular formula is C29H42F4N6O. The van der Waals surface area contributed by atoms with Gasteiger partial charge in [-0.3, -0.25) is 18.8 Å². The van der Waals surface area contributed by atoms with Gasteiger partial charge in [0.1, 0.15) is 5.67 Å². The van der Waals surface area contributed by atoms with Crippen LogP contribution < -0.4 is 16.5 Å². The Hall–Kier alpha value is -1.95. The zero-order valence-corrected chi connectivity index (χ0v) is 23.5. The molecule has 2 aliphatic carbocycles. The predicted molar refractivity (Wildman–Crippen MR) is 145 cm³/mol. The lowest BCUT2D eigenvalue weighted by Crippen LogP contribution is -2.50. The van der Waals surface area contributed by atoms with Gasteiger partial charge in [-0.1, -0.05) is 25.7 Å². The summed E-state index contributed by atoms with van der Waals surface area (Å²) in [6.07, 6.45) is 6.66. The number of pyridine rings is 1. The van der Waals surface area contributed by atoms with E-state index in [1.807, 2.05) is 4.90 Å². The largest absolute Gasteiger partial charge is 0.418 e. The van der Waals surface area contributed by atoms with Crippen LogP contribution in [0.15, 0.2) is 23.3 Å². The van der Waals surface area contributed by atoms with E-state index in [1.54, 1.807) is 17.7 Å². The average molecular weight is 567 g/mol. The van der Waals surface area contributed by atoms with E-state index in [2.05, 4.69) is 22.8 Å². The number of piperidine rings is 1. The van der Waals surface area contributed by atoms with Crippen LogP contribution >= 0.6 is 0 Å². The molecule has 7 nitrogen and oxygen atoms in total. The lowest BCUT2D eigenvalue weighted by molar-refractivity contribution is -0.136. The van der Waals surface area contributed by atoms with E-state index in [-0.39, 0.29) is 24.3 Å². The maximum absolute atomic E-state index is 14.3. The molecule has 40 heavy (non-hydrogen) atoms. The number of nitrogens with one attached hydrogen (secondary N) is 2. The molecule has 11 heteroatoms. The highest BCUT2D eigenvalue weighted by Crippen LogP contribution is 2.47. The molecule has 2 saturated carbocycles. The number of halogens is 4. The number of fused-ring (bicyclic) bond motifs is 1. The highest BCUT2D eigenvalue weighted by Gasteiger charge is 2.44. The quantitative estimate of drug-likeness (QED) is 0.487. The van der Waals surface area contributed by atoms with Gasteiger partial charge in [0.15, 0.2) is 0 Å². The Morgan fingerprint density at radius 2 is 1.77 bits per heavy atom. The van der Waals surface area contributed by atoms with Crippen LogP contribution in [0, 0.1) is 17.8 Å². The highest BCUT2D eigenvalue weighted by atomic mass is 19.4. The molecule has 0 aromatic carbocycles. The normalized spacial score (nSPS) is 29.6. The van der Waals surface area contributed by atoms with Gasteiger partial charge in [-0.05, 0) is 75.5 Å². The SMILES string of the molecule is CN1CNNC1[C@@H](C1CCC1)C1CCCC(n2cc3c(C(F)(F)F)cc(CN4CCC(C)(F)CC4)cn3c2=O)C1. The van der Waals surface area contributed by atoms with Gasteiger partial charge < -0.3 is 0 Å². The first-order valence-corrected chi connectivity index (χ1v) is 14.9. The summed E-state index contributed by atoms with van der Waals surface area (Å²) in [6.45, 7) is 3.58. The van der Waals surface area contributed by atoms with Crippen LogP contribution in [0.25, 0.3) is 5.52 Å². The molecule has 0 spiro atoms. The summed E-state index contributed by atoms with van der Waals surface area (Å²) in [5.41, 5.74) is 4.65. The van der Waals surface area contributed by atoms with Crippen molar-refractivity contribution in [1.29, 1.82) is 0 Å². The van der Waals surface area contributed by atoms with Crippen molar-refractivity contribution >= 4 is 5.52 Å². The number of hydrogen-bond donors (Lipinski definition) is 2. The van der Waals surface area contributed by atoms with Gasteiger partial charge in [0.2, 0.25) is 0 Å². The Bertz CT molecular complexity index is 1260. The van der Waals surface area contributed by atoms with Crippen LogP contribution in [0.2, 0.25) is 0 Å². The molecular weight excluding hydrogens is 524 g/mol. The summed E-state index contributed by atoms with van der Waals surface area (Å²) in [6, 6.07) is 1.05. The molecule has 222 valence electrons. The predicted octanol–water partition coefficient (Wildman–Crippen LogP) is 4.91. The van der Waals surface area contributed by atoms with Crippen LogP contribution in [0.3, 0.4) is 0 Å². The third kappa shape index (κ3) is 5.46. The second kappa shape index (κ2) is 10.7. The molecule has 4 heterocycles. The minimum Gasteiger partial charge on any atom is -0.299 e.